The zero-order valence-corrected chi connectivity index (χ0v) is 16.5. The Balaban J connectivity index is 1.72. The molecule has 27 heavy (non-hydrogen) atoms. The monoisotopic (exact) mass is 374 g/mol. The van der Waals surface area contributed by atoms with E-state index in [1.165, 1.54) is 0 Å². The van der Waals surface area contributed by atoms with Crippen molar-refractivity contribution in [3.63, 3.8) is 0 Å². The molecule has 1 N–H and O–H groups in total. The summed E-state index contributed by atoms with van der Waals surface area (Å²) in [6.07, 6.45) is 7.85. The van der Waals surface area contributed by atoms with Crippen molar-refractivity contribution < 1.29 is 14.3 Å². The summed E-state index contributed by atoms with van der Waals surface area (Å²) in [5.41, 5.74) is 0.163. The number of nitrogens with one attached hydrogen (secondary N) is 1. The highest BCUT2D eigenvalue weighted by Gasteiger charge is 2.41. The fourth-order valence-corrected chi connectivity index (χ4v) is 3.98. The molecule has 0 saturated carbocycles. The van der Waals surface area contributed by atoms with E-state index in [0.717, 1.165) is 32.1 Å². The Kier molecular flexibility index (Phi) is 5.87. The summed E-state index contributed by atoms with van der Waals surface area (Å²) in [4.78, 5) is 33.3. The Bertz CT molecular complexity index is 659. The first-order chi connectivity index (χ1) is 12.8. The molecule has 2 aliphatic rings. The molecular formula is C20H30N4O3. The quantitative estimate of drug-likeness (QED) is 0.853. The normalized spacial score (nSPS) is 23.2. The van der Waals surface area contributed by atoms with E-state index < -0.39 is 5.60 Å². The van der Waals surface area contributed by atoms with Crippen molar-refractivity contribution in [1.29, 1.82) is 0 Å². The topological polar surface area (TPSA) is 74.8 Å². The third-order valence-corrected chi connectivity index (χ3v) is 5.09. The van der Waals surface area contributed by atoms with Crippen molar-refractivity contribution in [2.45, 2.75) is 70.6 Å². The summed E-state index contributed by atoms with van der Waals surface area (Å²) in [5, 5.41) is 2.94. The second kappa shape index (κ2) is 8.15. The molecule has 3 amide bonds. The summed E-state index contributed by atoms with van der Waals surface area (Å²) in [5.74, 6) is 0. The molecule has 2 atom stereocenters. The highest BCUT2D eigenvalue weighted by molar-refractivity contribution is 5.89. The van der Waals surface area contributed by atoms with Gasteiger partial charge in [-0.3, -0.25) is 4.98 Å². The van der Waals surface area contributed by atoms with Gasteiger partial charge in [-0.15, -0.1) is 0 Å². The van der Waals surface area contributed by atoms with Gasteiger partial charge < -0.3 is 19.9 Å². The lowest BCUT2D eigenvalue weighted by Gasteiger charge is -2.42. The maximum atomic E-state index is 12.9. The van der Waals surface area contributed by atoms with Crippen LogP contribution in [0.1, 0.15) is 52.9 Å². The van der Waals surface area contributed by atoms with Crippen LogP contribution in [0.3, 0.4) is 0 Å². The number of hydrogen-bond donors (Lipinski definition) is 1. The van der Waals surface area contributed by atoms with Gasteiger partial charge >= 0.3 is 12.1 Å². The highest BCUT2D eigenvalue weighted by atomic mass is 16.6. The van der Waals surface area contributed by atoms with Crippen LogP contribution in [0.4, 0.5) is 15.3 Å². The van der Waals surface area contributed by atoms with Crippen LogP contribution in [0.15, 0.2) is 24.5 Å². The van der Waals surface area contributed by atoms with E-state index in [9.17, 15) is 9.59 Å². The van der Waals surface area contributed by atoms with Crippen LogP contribution >= 0.6 is 0 Å². The minimum atomic E-state index is -0.520. The van der Waals surface area contributed by atoms with Gasteiger partial charge in [0.05, 0.1) is 24.0 Å². The van der Waals surface area contributed by atoms with Gasteiger partial charge in [0, 0.05) is 19.3 Å². The number of piperidine rings is 1. The number of urea groups is 1. The predicted octanol–water partition coefficient (Wildman–Crippen LogP) is 3.87. The lowest BCUT2D eigenvalue weighted by molar-refractivity contribution is 0.0121. The molecule has 1 aromatic rings. The minimum Gasteiger partial charge on any atom is -0.444 e. The first-order valence-corrected chi connectivity index (χ1v) is 9.82. The van der Waals surface area contributed by atoms with Crippen molar-refractivity contribution in [3.8, 4) is 0 Å². The summed E-state index contributed by atoms with van der Waals surface area (Å²) < 4.78 is 5.59. The average molecular weight is 374 g/mol. The van der Waals surface area contributed by atoms with E-state index in [1.54, 1.807) is 18.5 Å². The maximum absolute atomic E-state index is 12.9. The smallest absolute Gasteiger partial charge is 0.410 e. The lowest BCUT2D eigenvalue weighted by atomic mass is 9.94. The van der Waals surface area contributed by atoms with Crippen LogP contribution < -0.4 is 5.32 Å². The van der Waals surface area contributed by atoms with E-state index in [0.29, 0.717) is 18.8 Å². The van der Waals surface area contributed by atoms with E-state index >= 15 is 0 Å². The number of pyridine rings is 1. The molecule has 2 saturated heterocycles. The van der Waals surface area contributed by atoms with Gasteiger partial charge in [0.15, 0.2) is 0 Å². The van der Waals surface area contributed by atoms with Crippen LogP contribution in [0.5, 0.6) is 0 Å². The van der Waals surface area contributed by atoms with Crippen LogP contribution in [0.25, 0.3) is 0 Å². The van der Waals surface area contributed by atoms with Crippen LogP contribution in [-0.4, -0.2) is 57.7 Å². The van der Waals surface area contributed by atoms with Crippen molar-refractivity contribution >= 4 is 17.8 Å². The molecule has 2 aliphatic heterocycles. The van der Waals surface area contributed by atoms with Crippen molar-refractivity contribution in [2.24, 2.45) is 0 Å². The average Bonchev–Trinajstić information content (AvgIpc) is 3.11. The Hall–Kier alpha value is -2.31. The zero-order valence-electron chi connectivity index (χ0n) is 16.5. The number of hydrogen-bond acceptors (Lipinski definition) is 4. The maximum Gasteiger partial charge on any atom is 0.410 e. The van der Waals surface area contributed by atoms with Crippen LogP contribution in [0, 0.1) is 0 Å². The number of aromatic nitrogens is 1. The molecule has 2 fully saturated rings. The van der Waals surface area contributed by atoms with Gasteiger partial charge in [-0.2, -0.15) is 0 Å². The standard InChI is InChI=1S/C20H30N4O3/c1-20(2,3)27-19(26)24-13-7-10-17(24)16-9-4-5-12-23(16)18(25)22-15-8-6-11-21-14-15/h6,8,11,14,16-17H,4-5,7,9-10,12-13H2,1-3H3,(H,22,25)/t16-,17+/m1/s1. The molecule has 148 valence electrons. The Morgan fingerprint density at radius 2 is 1.81 bits per heavy atom. The number of nitrogens with zero attached hydrogens (tertiary/aromatic N) is 3. The summed E-state index contributed by atoms with van der Waals surface area (Å²) in [6.45, 7) is 7.03. The second-order valence-corrected chi connectivity index (χ2v) is 8.31. The third-order valence-electron chi connectivity index (χ3n) is 5.09. The van der Waals surface area contributed by atoms with E-state index in [1.807, 2.05) is 36.6 Å². The summed E-state index contributed by atoms with van der Waals surface area (Å²) in [6, 6.07) is 3.53. The lowest BCUT2D eigenvalue weighted by Crippen LogP contribution is -2.56. The van der Waals surface area contributed by atoms with Crippen LogP contribution in [0.2, 0.25) is 0 Å². The van der Waals surface area contributed by atoms with Crippen molar-refractivity contribution in [2.75, 3.05) is 18.4 Å². The molecule has 0 aliphatic carbocycles. The molecular weight excluding hydrogens is 344 g/mol. The van der Waals surface area contributed by atoms with Crippen molar-refractivity contribution in [1.82, 2.24) is 14.8 Å². The molecule has 0 unspecified atom stereocenters. The van der Waals surface area contributed by atoms with Gasteiger partial charge in [-0.05, 0) is 65.0 Å². The van der Waals surface area contributed by atoms with Gasteiger partial charge in [0.1, 0.15) is 5.60 Å². The number of carbonyl (C=O) groups excluding carboxylic acids is 2. The highest BCUT2D eigenvalue weighted by Crippen LogP contribution is 2.31. The summed E-state index contributed by atoms with van der Waals surface area (Å²) in [7, 11) is 0. The second-order valence-electron chi connectivity index (χ2n) is 8.31. The van der Waals surface area contributed by atoms with Crippen LogP contribution in [-0.2, 0) is 4.74 Å². The van der Waals surface area contributed by atoms with E-state index in [-0.39, 0.29) is 24.2 Å². The molecule has 0 radical (unpaired) electrons. The van der Waals surface area contributed by atoms with E-state index in [4.69, 9.17) is 4.74 Å². The summed E-state index contributed by atoms with van der Waals surface area (Å²) >= 11 is 0. The number of rotatable bonds is 2. The largest absolute Gasteiger partial charge is 0.444 e. The molecule has 0 spiro atoms. The molecule has 3 rings (SSSR count). The molecule has 1 aromatic heterocycles. The predicted molar refractivity (Wildman–Crippen MR) is 104 cm³/mol. The number of likely N-dealkylation sites (tertiary alicyclic amines) is 2. The van der Waals surface area contributed by atoms with Gasteiger partial charge in [0.2, 0.25) is 0 Å². The molecule has 7 heteroatoms. The SMILES string of the molecule is CC(C)(C)OC(=O)N1CCC[C@H]1[C@H]1CCCCN1C(=O)Nc1cccnc1. The Labute approximate surface area is 161 Å². The number of anilines is 1. The Morgan fingerprint density at radius 3 is 2.52 bits per heavy atom. The van der Waals surface area contributed by atoms with Crippen molar-refractivity contribution in [3.05, 3.63) is 24.5 Å². The minimum absolute atomic E-state index is 0.0137. The number of ether oxygens (including phenoxy) is 1. The zero-order chi connectivity index (χ0) is 19.4. The first kappa shape index (κ1) is 19.5. The van der Waals surface area contributed by atoms with E-state index in [2.05, 4.69) is 10.3 Å². The van der Waals surface area contributed by atoms with Gasteiger partial charge in [0.25, 0.3) is 0 Å². The molecule has 7 nitrogen and oxygen atoms in total. The molecule has 0 bridgehead atoms. The van der Waals surface area contributed by atoms with Gasteiger partial charge in [-0.25, -0.2) is 9.59 Å². The van der Waals surface area contributed by atoms with Gasteiger partial charge in [-0.1, -0.05) is 0 Å². The fraction of sp³-hybridized carbons (Fsp3) is 0.650. The fourth-order valence-electron chi connectivity index (χ4n) is 3.98. The first-order valence-electron chi connectivity index (χ1n) is 9.82. The number of carbonyl (C=O) groups is 2. The molecule has 3 heterocycles. The number of amides is 3. The third kappa shape index (κ3) is 4.90. The molecule has 0 aromatic carbocycles. The Morgan fingerprint density at radius 1 is 1.11 bits per heavy atom.